The molecule has 3 N–H and O–H groups in total. The van der Waals surface area contributed by atoms with E-state index in [0.717, 1.165) is 12.1 Å². The molecule has 1 aromatic rings. The molecular weight excluding hydrogens is 178 g/mol. The minimum atomic E-state index is -0.0333. The number of hydrogen-bond acceptors (Lipinski definition) is 2. The Hall–Kier alpha value is -1.29. The first-order chi connectivity index (χ1) is 6.66. The fourth-order valence-electron chi connectivity index (χ4n) is 1.24. The Bertz CT molecular complexity index is 317. The molecule has 0 aliphatic rings. The van der Waals surface area contributed by atoms with Crippen molar-refractivity contribution in [1.29, 1.82) is 0 Å². The largest absolute Gasteiger partial charge is 0.351 e. The quantitative estimate of drug-likeness (QED) is 0.684. The molecule has 0 radical (unpaired) electrons. The zero-order valence-electron chi connectivity index (χ0n) is 8.71. The van der Waals surface area contributed by atoms with E-state index in [1.807, 2.05) is 30.7 Å². The van der Waals surface area contributed by atoms with Gasteiger partial charge in [-0.1, -0.05) is 0 Å². The summed E-state index contributed by atoms with van der Waals surface area (Å²) in [6.07, 6.45) is 0.815. The van der Waals surface area contributed by atoms with E-state index in [0.29, 0.717) is 18.8 Å². The van der Waals surface area contributed by atoms with Crippen LogP contribution in [0.25, 0.3) is 0 Å². The van der Waals surface area contributed by atoms with Gasteiger partial charge in [0.05, 0.1) is 0 Å². The van der Waals surface area contributed by atoms with Crippen molar-refractivity contribution in [3.63, 3.8) is 0 Å². The molecule has 0 bridgehead atoms. The van der Waals surface area contributed by atoms with Gasteiger partial charge in [-0.15, -0.1) is 0 Å². The van der Waals surface area contributed by atoms with Crippen LogP contribution in [0.3, 0.4) is 0 Å². The molecular formula is C10H17N3O. The topological polar surface area (TPSA) is 60.1 Å². The highest BCUT2D eigenvalue weighted by atomic mass is 16.1. The van der Waals surface area contributed by atoms with E-state index >= 15 is 0 Å². The molecule has 1 rings (SSSR count). The predicted molar refractivity (Wildman–Crippen MR) is 56.2 cm³/mol. The molecule has 0 saturated carbocycles. The van der Waals surface area contributed by atoms with Crippen LogP contribution < -0.4 is 11.1 Å². The molecule has 78 valence electrons. The van der Waals surface area contributed by atoms with Gasteiger partial charge in [0.25, 0.3) is 5.91 Å². The summed E-state index contributed by atoms with van der Waals surface area (Å²) < 4.78 is 1.87. The van der Waals surface area contributed by atoms with Gasteiger partial charge in [0.1, 0.15) is 5.69 Å². The summed E-state index contributed by atoms with van der Waals surface area (Å²) >= 11 is 0. The zero-order chi connectivity index (χ0) is 10.6. The van der Waals surface area contributed by atoms with Gasteiger partial charge in [0.15, 0.2) is 0 Å². The molecule has 4 nitrogen and oxygen atoms in total. The highest BCUT2D eigenvalue weighted by Crippen LogP contribution is 2.05. The third-order valence-corrected chi connectivity index (χ3v) is 2.27. The monoisotopic (exact) mass is 195 g/mol. The van der Waals surface area contributed by atoms with Crippen LogP contribution in [-0.4, -0.2) is 23.6 Å². The van der Waals surface area contributed by atoms with Gasteiger partial charge in [0, 0.05) is 19.3 Å². The zero-order valence-corrected chi connectivity index (χ0v) is 8.71. The Morgan fingerprint density at radius 2 is 2.29 bits per heavy atom. The smallest absolute Gasteiger partial charge is 0.267 e. The lowest BCUT2D eigenvalue weighted by Crippen LogP contribution is -2.27. The van der Waals surface area contributed by atoms with Crippen LogP contribution in [0.4, 0.5) is 0 Å². The molecule has 0 aliphatic heterocycles. The van der Waals surface area contributed by atoms with E-state index < -0.39 is 0 Å². The Morgan fingerprint density at radius 1 is 1.57 bits per heavy atom. The second-order valence-corrected chi connectivity index (χ2v) is 3.32. The van der Waals surface area contributed by atoms with E-state index in [4.69, 9.17) is 5.73 Å². The van der Waals surface area contributed by atoms with E-state index in [-0.39, 0.29) is 5.91 Å². The van der Waals surface area contributed by atoms with Crippen molar-refractivity contribution in [2.75, 3.05) is 13.1 Å². The number of hydrogen-bond donors (Lipinski definition) is 2. The summed E-state index contributed by atoms with van der Waals surface area (Å²) in [5.41, 5.74) is 7.10. The van der Waals surface area contributed by atoms with Crippen LogP contribution in [0.1, 0.15) is 22.6 Å². The first kappa shape index (κ1) is 10.8. The minimum absolute atomic E-state index is 0.0333. The molecule has 0 saturated heterocycles. The Morgan fingerprint density at radius 3 is 2.79 bits per heavy atom. The van der Waals surface area contributed by atoms with E-state index in [9.17, 15) is 4.79 Å². The van der Waals surface area contributed by atoms with Crippen LogP contribution in [0.15, 0.2) is 12.1 Å². The maximum absolute atomic E-state index is 11.6. The molecule has 0 atom stereocenters. The maximum Gasteiger partial charge on any atom is 0.267 e. The lowest BCUT2D eigenvalue weighted by Gasteiger charge is -2.06. The lowest BCUT2D eigenvalue weighted by atomic mass is 10.3. The molecule has 0 aromatic carbocycles. The fourth-order valence-corrected chi connectivity index (χ4v) is 1.24. The molecule has 0 spiro atoms. The highest BCUT2D eigenvalue weighted by molar-refractivity contribution is 5.92. The lowest BCUT2D eigenvalue weighted by molar-refractivity contribution is 0.0945. The second-order valence-electron chi connectivity index (χ2n) is 3.32. The van der Waals surface area contributed by atoms with E-state index in [1.165, 1.54) is 0 Å². The molecule has 1 amide bonds. The summed E-state index contributed by atoms with van der Waals surface area (Å²) in [4.78, 5) is 11.6. The first-order valence-corrected chi connectivity index (χ1v) is 4.77. The predicted octanol–water partition coefficient (Wildman–Crippen LogP) is 0.412. The van der Waals surface area contributed by atoms with Gasteiger partial charge >= 0.3 is 0 Å². The van der Waals surface area contributed by atoms with Crippen molar-refractivity contribution in [3.8, 4) is 0 Å². The number of carbonyl (C=O) groups is 1. The average molecular weight is 195 g/mol. The van der Waals surface area contributed by atoms with Crippen molar-refractivity contribution in [3.05, 3.63) is 23.5 Å². The van der Waals surface area contributed by atoms with Gasteiger partial charge in [0.2, 0.25) is 0 Å². The second kappa shape index (κ2) is 4.81. The Kier molecular flexibility index (Phi) is 3.71. The summed E-state index contributed by atoms with van der Waals surface area (Å²) in [5, 5.41) is 2.81. The first-order valence-electron chi connectivity index (χ1n) is 4.77. The molecule has 0 unspecified atom stereocenters. The SMILES string of the molecule is Cc1ccc(C(=O)NCCCN)n1C. The normalized spacial score (nSPS) is 10.2. The maximum atomic E-state index is 11.6. The van der Waals surface area contributed by atoms with Crippen molar-refractivity contribution < 1.29 is 4.79 Å². The third-order valence-electron chi connectivity index (χ3n) is 2.27. The molecule has 14 heavy (non-hydrogen) atoms. The van der Waals surface area contributed by atoms with Gasteiger partial charge in [-0.3, -0.25) is 4.79 Å². The molecule has 4 heteroatoms. The van der Waals surface area contributed by atoms with Gasteiger partial charge in [-0.05, 0) is 32.0 Å². The molecule has 0 fully saturated rings. The number of nitrogens with two attached hydrogens (primary N) is 1. The van der Waals surface area contributed by atoms with Crippen LogP contribution >= 0.6 is 0 Å². The molecule has 0 aliphatic carbocycles. The van der Waals surface area contributed by atoms with Crippen LogP contribution in [0.2, 0.25) is 0 Å². The van der Waals surface area contributed by atoms with Crippen LogP contribution in [0.5, 0.6) is 0 Å². The van der Waals surface area contributed by atoms with Crippen molar-refractivity contribution in [2.45, 2.75) is 13.3 Å². The van der Waals surface area contributed by atoms with E-state index in [1.54, 1.807) is 0 Å². The number of aromatic nitrogens is 1. The third kappa shape index (κ3) is 2.35. The van der Waals surface area contributed by atoms with Crippen LogP contribution in [0, 0.1) is 6.92 Å². The highest BCUT2D eigenvalue weighted by Gasteiger charge is 2.09. The van der Waals surface area contributed by atoms with Crippen molar-refractivity contribution >= 4 is 5.91 Å². The number of amides is 1. The van der Waals surface area contributed by atoms with Gasteiger partial charge in [-0.2, -0.15) is 0 Å². The number of nitrogens with zero attached hydrogens (tertiary/aromatic N) is 1. The summed E-state index contributed by atoms with van der Waals surface area (Å²) in [6, 6.07) is 3.75. The summed E-state index contributed by atoms with van der Waals surface area (Å²) in [5.74, 6) is -0.0333. The Labute approximate surface area is 84.1 Å². The van der Waals surface area contributed by atoms with Crippen LogP contribution in [-0.2, 0) is 7.05 Å². The average Bonchev–Trinajstić information content (AvgIpc) is 2.48. The molecule has 1 aromatic heterocycles. The fraction of sp³-hybridized carbons (Fsp3) is 0.500. The van der Waals surface area contributed by atoms with Gasteiger partial charge in [-0.25, -0.2) is 0 Å². The number of carbonyl (C=O) groups excluding carboxylic acids is 1. The molecule has 1 heterocycles. The van der Waals surface area contributed by atoms with Gasteiger partial charge < -0.3 is 15.6 Å². The van der Waals surface area contributed by atoms with E-state index in [2.05, 4.69) is 5.32 Å². The summed E-state index contributed by atoms with van der Waals surface area (Å²) in [6.45, 7) is 3.21. The standard InChI is InChI=1S/C10H17N3O/c1-8-4-5-9(13(8)2)10(14)12-7-3-6-11/h4-5H,3,6-7,11H2,1-2H3,(H,12,14). The van der Waals surface area contributed by atoms with Crippen molar-refractivity contribution in [1.82, 2.24) is 9.88 Å². The number of nitrogens with one attached hydrogen (secondary N) is 1. The van der Waals surface area contributed by atoms with Crippen molar-refractivity contribution in [2.24, 2.45) is 12.8 Å². The summed E-state index contributed by atoms with van der Waals surface area (Å²) in [7, 11) is 1.88. The Balaban J connectivity index is 2.56. The number of rotatable bonds is 4. The number of aryl methyl sites for hydroxylation is 1. The minimum Gasteiger partial charge on any atom is -0.351 e.